The molecule has 1 N–H and O–H groups in total. The smallest absolute Gasteiger partial charge is 0.227 e. The lowest BCUT2D eigenvalue weighted by Crippen LogP contribution is -2.27. The molecule has 1 aliphatic heterocycles. The van der Waals surface area contributed by atoms with Crippen LogP contribution in [0, 0.1) is 0 Å². The molecule has 0 aromatic heterocycles. The fraction of sp³-hybridized carbons (Fsp3) is 0.250. The Morgan fingerprint density at radius 3 is 2.88 bits per heavy atom. The number of carbonyl (C=O) groups excluding carboxylic acids is 1. The molecule has 16 heavy (non-hydrogen) atoms. The van der Waals surface area contributed by atoms with E-state index in [4.69, 9.17) is 0 Å². The van der Waals surface area contributed by atoms with Gasteiger partial charge in [-0.3, -0.25) is 4.79 Å². The van der Waals surface area contributed by atoms with Gasteiger partial charge in [0, 0.05) is 29.2 Å². The zero-order valence-corrected chi connectivity index (χ0v) is 10.5. The van der Waals surface area contributed by atoms with Crippen LogP contribution in [0.15, 0.2) is 28.7 Å². The highest BCUT2D eigenvalue weighted by molar-refractivity contribution is 9.10. The van der Waals surface area contributed by atoms with Crippen molar-refractivity contribution in [2.45, 2.75) is 12.8 Å². The molecular weight excluding hydrogens is 270 g/mol. The van der Waals surface area contributed by atoms with E-state index in [0.29, 0.717) is 6.42 Å². The highest BCUT2D eigenvalue weighted by Crippen LogP contribution is 2.31. The maximum Gasteiger partial charge on any atom is 0.227 e. The number of amides is 1. The van der Waals surface area contributed by atoms with Gasteiger partial charge >= 0.3 is 0 Å². The molecule has 84 valence electrons. The number of benzene rings is 1. The third kappa shape index (κ3) is 1.97. The molecule has 0 spiro atoms. The number of nitrogens with zero attached hydrogens (tertiary/aromatic N) is 1. The first-order valence-corrected chi connectivity index (χ1v) is 5.84. The summed E-state index contributed by atoms with van der Waals surface area (Å²) in [5.74, 6) is 0.332. The Balaban J connectivity index is 2.44. The average molecular weight is 282 g/mol. The van der Waals surface area contributed by atoms with E-state index in [-0.39, 0.29) is 11.7 Å². The van der Waals surface area contributed by atoms with Gasteiger partial charge < -0.3 is 10.0 Å². The number of halogens is 1. The fourth-order valence-corrected chi connectivity index (χ4v) is 2.34. The third-order valence-electron chi connectivity index (χ3n) is 2.66. The van der Waals surface area contributed by atoms with Crippen LogP contribution in [-0.4, -0.2) is 23.0 Å². The molecule has 0 unspecified atom stereocenters. The summed E-state index contributed by atoms with van der Waals surface area (Å²) >= 11 is 3.39. The van der Waals surface area contributed by atoms with Crippen LogP contribution < -0.4 is 0 Å². The van der Waals surface area contributed by atoms with Gasteiger partial charge in [-0.2, -0.15) is 0 Å². The van der Waals surface area contributed by atoms with Gasteiger partial charge in [0.25, 0.3) is 0 Å². The van der Waals surface area contributed by atoms with Crippen molar-refractivity contribution in [1.82, 2.24) is 4.90 Å². The van der Waals surface area contributed by atoms with Crippen LogP contribution in [0.4, 0.5) is 0 Å². The SMILES string of the molecule is CN1C(=O)CCC=C1c1ccc(O)cc1Br. The second-order valence-corrected chi connectivity index (χ2v) is 4.60. The largest absolute Gasteiger partial charge is 0.508 e. The lowest BCUT2D eigenvalue weighted by Gasteiger charge is -2.25. The van der Waals surface area contributed by atoms with E-state index in [1.807, 2.05) is 6.08 Å². The lowest BCUT2D eigenvalue weighted by atomic mass is 10.1. The molecule has 0 fully saturated rings. The van der Waals surface area contributed by atoms with Gasteiger partial charge in [-0.1, -0.05) is 6.08 Å². The standard InChI is InChI=1S/C12H12BrNO2/c1-14-11(3-2-4-12(14)16)9-6-5-8(15)7-10(9)13/h3,5-7,15H,2,4H2,1H3. The van der Waals surface area contributed by atoms with Crippen molar-refractivity contribution >= 4 is 27.5 Å². The molecule has 1 aromatic carbocycles. The van der Waals surface area contributed by atoms with Crippen molar-refractivity contribution in [3.63, 3.8) is 0 Å². The summed E-state index contributed by atoms with van der Waals surface area (Å²) in [6, 6.07) is 5.05. The van der Waals surface area contributed by atoms with Crippen LogP contribution in [0.3, 0.4) is 0 Å². The number of aromatic hydroxyl groups is 1. The quantitative estimate of drug-likeness (QED) is 0.860. The molecule has 1 heterocycles. The number of phenols is 1. The highest BCUT2D eigenvalue weighted by Gasteiger charge is 2.20. The first-order valence-electron chi connectivity index (χ1n) is 5.05. The van der Waals surface area contributed by atoms with Crippen LogP contribution in [0.1, 0.15) is 18.4 Å². The number of carbonyl (C=O) groups is 1. The minimum absolute atomic E-state index is 0.123. The van der Waals surface area contributed by atoms with E-state index in [1.54, 1.807) is 30.1 Å². The van der Waals surface area contributed by atoms with Gasteiger partial charge in [-0.25, -0.2) is 0 Å². The summed E-state index contributed by atoms with van der Waals surface area (Å²) in [5.41, 5.74) is 1.82. The van der Waals surface area contributed by atoms with Gasteiger partial charge in [0.2, 0.25) is 5.91 Å². The number of hydrogen-bond acceptors (Lipinski definition) is 2. The first-order chi connectivity index (χ1) is 7.59. The van der Waals surface area contributed by atoms with Crippen LogP contribution in [0.5, 0.6) is 5.75 Å². The second-order valence-electron chi connectivity index (χ2n) is 3.74. The summed E-state index contributed by atoms with van der Waals surface area (Å²) in [6.45, 7) is 0. The van der Waals surface area contributed by atoms with Gasteiger partial charge in [0.15, 0.2) is 0 Å². The summed E-state index contributed by atoms with van der Waals surface area (Å²) in [6.07, 6.45) is 3.38. The summed E-state index contributed by atoms with van der Waals surface area (Å²) in [4.78, 5) is 13.2. The molecule has 0 saturated heterocycles. The third-order valence-corrected chi connectivity index (χ3v) is 3.32. The number of allylic oxidation sites excluding steroid dienone is 1. The Hall–Kier alpha value is -1.29. The molecule has 2 rings (SSSR count). The Bertz CT molecular complexity index is 468. The molecule has 0 bridgehead atoms. The average Bonchev–Trinajstić information content (AvgIpc) is 2.23. The second kappa shape index (κ2) is 4.29. The number of hydrogen-bond donors (Lipinski definition) is 1. The predicted octanol–water partition coefficient (Wildman–Crippen LogP) is 2.75. The predicted molar refractivity (Wildman–Crippen MR) is 65.8 cm³/mol. The summed E-state index contributed by atoms with van der Waals surface area (Å²) < 4.78 is 0.792. The van der Waals surface area contributed by atoms with Gasteiger partial charge in [0.05, 0.1) is 0 Å². The van der Waals surface area contributed by atoms with E-state index in [9.17, 15) is 9.90 Å². The number of rotatable bonds is 1. The normalized spacial score (nSPS) is 16.2. The number of phenolic OH excluding ortho intramolecular Hbond substituents is 1. The van der Waals surface area contributed by atoms with E-state index < -0.39 is 0 Å². The Kier molecular flexibility index (Phi) is 3.01. The van der Waals surface area contributed by atoms with Gasteiger partial charge in [-0.05, 0) is 40.5 Å². The van der Waals surface area contributed by atoms with Crippen molar-refractivity contribution < 1.29 is 9.90 Å². The fourth-order valence-electron chi connectivity index (χ4n) is 1.77. The minimum Gasteiger partial charge on any atom is -0.508 e. The molecule has 0 saturated carbocycles. The molecule has 0 radical (unpaired) electrons. The summed E-state index contributed by atoms with van der Waals surface area (Å²) in [7, 11) is 1.77. The maximum atomic E-state index is 11.6. The molecule has 0 atom stereocenters. The van der Waals surface area contributed by atoms with Gasteiger partial charge in [0.1, 0.15) is 5.75 Å². The summed E-state index contributed by atoms with van der Waals surface area (Å²) in [5, 5.41) is 9.32. The molecule has 3 nitrogen and oxygen atoms in total. The van der Waals surface area contributed by atoms with Crippen LogP contribution in [0.25, 0.3) is 5.70 Å². The van der Waals surface area contributed by atoms with E-state index in [2.05, 4.69) is 15.9 Å². The zero-order chi connectivity index (χ0) is 11.7. The van der Waals surface area contributed by atoms with Crippen molar-refractivity contribution in [2.75, 3.05) is 7.05 Å². The van der Waals surface area contributed by atoms with E-state index in [1.165, 1.54) is 0 Å². The zero-order valence-electron chi connectivity index (χ0n) is 8.90. The van der Waals surface area contributed by atoms with Crippen LogP contribution in [0.2, 0.25) is 0 Å². The van der Waals surface area contributed by atoms with Crippen molar-refractivity contribution in [1.29, 1.82) is 0 Å². The van der Waals surface area contributed by atoms with Crippen molar-refractivity contribution in [3.05, 3.63) is 34.3 Å². The van der Waals surface area contributed by atoms with E-state index >= 15 is 0 Å². The highest BCUT2D eigenvalue weighted by atomic mass is 79.9. The first kappa shape index (κ1) is 11.2. The molecule has 1 amide bonds. The Morgan fingerprint density at radius 2 is 2.19 bits per heavy atom. The minimum atomic E-state index is 0.123. The molecule has 4 heteroatoms. The molecule has 1 aromatic rings. The lowest BCUT2D eigenvalue weighted by molar-refractivity contribution is -0.127. The Morgan fingerprint density at radius 1 is 1.44 bits per heavy atom. The molecular formula is C12H12BrNO2. The van der Waals surface area contributed by atoms with Crippen molar-refractivity contribution in [3.8, 4) is 5.75 Å². The molecule has 1 aliphatic rings. The van der Waals surface area contributed by atoms with Crippen LogP contribution in [-0.2, 0) is 4.79 Å². The maximum absolute atomic E-state index is 11.6. The molecule has 0 aliphatic carbocycles. The van der Waals surface area contributed by atoms with Crippen molar-refractivity contribution in [2.24, 2.45) is 0 Å². The van der Waals surface area contributed by atoms with Crippen LogP contribution >= 0.6 is 15.9 Å². The van der Waals surface area contributed by atoms with Gasteiger partial charge in [-0.15, -0.1) is 0 Å². The topological polar surface area (TPSA) is 40.5 Å². The van der Waals surface area contributed by atoms with E-state index in [0.717, 1.165) is 22.2 Å². The monoisotopic (exact) mass is 281 g/mol. The Labute approximate surface area is 103 Å².